The van der Waals surface area contributed by atoms with Gasteiger partial charge in [0, 0.05) is 24.0 Å². The number of carbonyl (C=O) groups excluding carboxylic acids is 1. The molecule has 1 unspecified atom stereocenters. The Labute approximate surface area is 189 Å². The first-order valence-electron chi connectivity index (χ1n) is 11.0. The van der Waals surface area contributed by atoms with Crippen LogP contribution in [0.4, 0.5) is 0 Å². The number of hydrogen-bond donors (Lipinski definition) is 1. The first-order valence-corrected chi connectivity index (χ1v) is 12.8. The van der Waals surface area contributed by atoms with E-state index in [1.807, 2.05) is 43.3 Å². The molecule has 1 saturated heterocycles. The summed E-state index contributed by atoms with van der Waals surface area (Å²) in [5.41, 5.74) is 3.31. The Morgan fingerprint density at radius 2 is 1.74 bits per heavy atom. The van der Waals surface area contributed by atoms with Gasteiger partial charge < -0.3 is 5.32 Å². The minimum atomic E-state index is -3.53. The van der Waals surface area contributed by atoms with Crippen molar-refractivity contribution in [3.05, 3.63) is 64.2 Å². The van der Waals surface area contributed by atoms with Gasteiger partial charge in [-0.05, 0) is 80.3 Å². The third-order valence-corrected chi connectivity index (χ3v) is 8.75. The van der Waals surface area contributed by atoms with E-state index in [0.717, 1.165) is 30.4 Å². The second-order valence-electron chi connectivity index (χ2n) is 8.57. The van der Waals surface area contributed by atoms with Crippen molar-refractivity contribution < 1.29 is 13.2 Å². The van der Waals surface area contributed by atoms with Crippen LogP contribution in [0.15, 0.2) is 47.4 Å². The van der Waals surface area contributed by atoms with Gasteiger partial charge in [0.2, 0.25) is 15.9 Å². The summed E-state index contributed by atoms with van der Waals surface area (Å²) in [5.74, 6) is -0.238. The van der Waals surface area contributed by atoms with Gasteiger partial charge in [-0.3, -0.25) is 4.79 Å². The number of nitrogens with one attached hydrogen (secondary N) is 1. The highest BCUT2D eigenvalue weighted by Gasteiger charge is 2.33. The quantitative estimate of drug-likeness (QED) is 0.714. The van der Waals surface area contributed by atoms with E-state index in [0.29, 0.717) is 35.8 Å². The molecule has 0 radical (unpaired) electrons. The van der Waals surface area contributed by atoms with Crippen LogP contribution in [-0.4, -0.2) is 31.7 Å². The zero-order valence-electron chi connectivity index (χ0n) is 17.8. The predicted molar refractivity (Wildman–Crippen MR) is 123 cm³/mol. The lowest BCUT2D eigenvalue weighted by Crippen LogP contribution is -2.43. The number of carbonyl (C=O) groups is 1. The first kappa shape index (κ1) is 22.3. The van der Waals surface area contributed by atoms with Gasteiger partial charge in [-0.15, -0.1) is 0 Å². The van der Waals surface area contributed by atoms with Crippen LogP contribution in [0, 0.1) is 5.92 Å². The molecule has 1 fully saturated rings. The molecule has 1 aliphatic carbocycles. The largest absolute Gasteiger partial charge is 0.349 e. The van der Waals surface area contributed by atoms with E-state index in [-0.39, 0.29) is 17.9 Å². The summed E-state index contributed by atoms with van der Waals surface area (Å²) >= 11 is 6.24. The molecule has 166 valence electrons. The molecule has 1 aliphatic heterocycles. The predicted octanol–water partition coefficient (Wildman–Crippen LogP) is 4.50. The summed E-state index contributed by atoms with van der Waals surface area (Å²) in [6.07, 6.45) is 5.30. The first-order chi connectivity index (χ1) is 14.9. The molecule has 1 atom stereocenters. The highest BCUT2D eigenvalue weighted by molar-refractivity contribution is 7.89. The Morgan fingerprint density at radius 3 is 2.45 bits per heavy atom. The maximum atomic E-state index is 13.2. The zero-order valence-corrected chi connectivity index (χ0v) is 19.4. The van der Waals surface area contributed by atoms with Crippen molar-refractivity contribution in [3.8, 4) is 0 Å². The van der Waals surface area contributed by atoms with Gasteiger partial charge in [0.05, 0.1) is 10.9 Å². The van der Waals surface area contributed by atoms with Gasteiger partial charge >= 0.3 is 0 Å². The Morgan fingerprint density at radius 1 is 1.06 bits per heavy atom. The molecular formula is C24H29ClN2O3S. The molecule has 1 amide bonds. The van der Waals surface area contributed by atoms with Crippen molar-refractivity contribution in [3.63, 3.8) is 0 Å². The van der Waals surface area contributed by atoms with Crippen LogP contribution in [0.1, 0.15) is 55.3 Å². The molecule has 0 spiro atoms. The van der Waals surface area contributed by atoms with E-state index in [4.69, 9.17) is 11.6 Å². The summed E-state index contributed by atoms with van der Waals surface area (Å²) in [6.45, 7) is 2.63. The smallest absolute Gasteiger partial charge is 0.243 e. The van der Waals surface area contributed by atoms with Gasteiger partial charge in [0.1, 0.15) is 0 Å². The number of fused-ring (bicyclic) bond motifs is 1. The van der Waals surface area contributed by atoms with Crippen LogP contribution in [0.3, 0.4) is 0 Å². The molecule has 4 rings (SSSR count). The SMILES string of the molecule is CC(NC(=O)C1CCN(S(=O)(=O)c2ccc3c(c2)CCCC3)CC1)c1ccccc1Cl. The molecule has 5 nitrogen and oxygen atoms in total. The van der Waals surface area contributed by atoms with E-state index < -0.39 is 10.0 Å². The summed E-state index contributed by atoms with van der Waals surface area (Å²) in [7, 11) is -3.53. The number of sulfonamides is 1. The Kier molecular flexibility index (Phi) is 6.70. The van der Waals surface area contributed by atoms with Crippen molar-refractivity contribution in [2.45, 2.75) is 56.4 Å². The summed E-state index contributed by atoms with van der Waals surface area (Å²) < 4.78 is 27.8. The maximum absolute atomic E-state index is 13.2. The van der Waals surface area contributed by atoms with E-state index >= 15 is 0 Å². The van der Waals surface area contributed by atoms with Crippen LogP contribution in [0.25, 0.3) is 0 Å². The van der Waals surface area contributed by atoms with Crippen LogP contribution >= 0.6 is 11.6 Å². The fourth-order valence-corrected chi connectivity index (χ4v) is 6.43. The molecule has 0 saturated carbocycles. The van der Waals surface area contributed by atoms with E-state index in [9.17, 15) is 13.2 Å². The number of aryl methyl sites for hydroxylation is 2. The van der Waals surface area contributed by atoms with Crippen molar-refractivity contribution >= 4 is 27.5 Å². The number of nitrogens with zero attached hydrogens (tertiary/aromatic N) is 1. The number of rotatable bonds is 5. The summed E-state index contributed by atoms with van der Waals surface area (Å²) in [5, 5.41) is 3.66. The van der Waals surface area contributed by atoms with Crippen molar-refractivity contribution in [1.82, 2.24) is 9.62 Å². The number of hydrogen-bond acceptors (Lipinski definition) is 3. The standard InChI is InChI=1S/C24H29ClN2O3S/c1-17(22-8-4-5-9-23(22)25)26-24(28)19-12-14-27(15-13-19)31(29,30)21-11-10-18-6-2-3-7-20(18)16-21/h4-5,8-11,16-17,19H,2-3,6-7,12-15H2,1H3,(H,26,28). The molecule has 1 N–H and O–H groups in total. The maximum Gasteiger partial charge on any atom is 0.243 e. The number of amides is 1. The molecular weight excluding hydrogens is 432 g/mol. The molecule has 0 aromatic heterocycles. The monoisotopic (exact) mass is 460 g/mol. The number of benzene rings is 2. The van der Waals surface area contributed by atoms with Gasteiger partial charge in [0.15, 0.2) is 0 Å². The third kappa shape index (κ3) is 4.81. The van der Waals surface area contributed by atoms with E-state index in [1.165, 1.54) is 16.3 Å². The molecule has 2 aromatic carbocycles. The Balaban J connectivity index is 1.38. The van der Waals surface area contributed by atoms with E-state index in [1.54, 1.807) is 6.07 Å². The highest BCUT2D eigenvalue weighted by Crippen LogP contribution is 2.29. The average molecular weight is 461 g/mol. The zero-order chi connectivity index (χ0) is 22.0. The van der Waals surface area contributed by atoms with Crippen LogP contribution in [-0.2, 0) is 27.7 Å². The molecule has 2 aromatic rings. The molecule has 2 aliphatic rings. The summed E-state index contributed by atoms with van der Waals surface area (Å²) in [6, 6.07) is 12.8. The number of halogens is 1. The number of piperidine rings is 1. The molecule has 1 heterocycles. The second-order valence-corrected chi connectivity index (χ2v) is 10.9. The van der Waals surface area contributed by atoms with Crippen molar-refractivity contribution in [1.29, 1.82) is 0 Å². The molecule has 0 bridgehead atoms. The van der Waals surface area contributed by atoms with E-state index in [2.05, 4.69) is 5.32 Å². The van der Waals surface area contributed by atoms with Crippen LogP contribution in [0.2, 0.25) is 5.02 Å². The van der Waals surface area contributed by atoms with Gasteiger partial charge in [-0.2, -0.15) is 4.31 Å². The topological polar surface area (TPSA) is 66.5 Å². The fraction of sp³-hybridized carbons (Fsp3) is 0.458. The average Bonchev–Trinajstić information content (AvgIpc) is 2.79. The molecule has 7 heteroatoms. The van der Waals surface area contributed by atoms with Crippen molar-refractivity contribution in [2.24, 2.45) is 5.92 Å². The lowest BCUT2D eigenvalue weighted by Gasteiger charge is -2.31. The lowest BCUT2D eigenvalue weighted by molar-refractivity contribution is -0.126. The Bertz CT molecular complexity index is 1060. The van der Waals surface area contributed by atoms with Gasteiger partial charge in [0.25, 0.3) is 0 Å². The normalized spacial score (nSPS) is 18.9. The second kappa shape index (κ2) is 9.31. The Hall–Kier alpha value is -1.89. The third-order valence-electron chi connectivity index (χ3n) is 6.51. The van der Waals surface area contributed by atoms with Crippen LogP contribution < -0.4 is 5.32 Å². The minimum Gasteiger partial charge on any atom is -0.349 e. The molecule has 31 heavy (non-hydrogen) atoms. The minimum absolute atomic E-state index is 0.0433. The van der Waals surface area contributed by atoms with Crippen molar-refractivity contribution in [2.75, 3.05) is 13.1 Å². The summed E-state index contributed by atoms with van der Waals surface area (Å²) in [4.78, 5) is 13.1. The van der Waals surface area contributed by atoms with Gasteiger partial charge in [-0.1, -0.05) is 35.9 Å². The van der Waals surface area contributed by atoms with Crippen LogP contribution in [0.5, 0.6) is 0 Å². The van der Waals surface area contributed by atoms with Gasteiger partial charge in [-0.25, -0.2) is 8.42 Å². The lowest BCUT2D eigenvalue weighted by atomic mass is 9.92. The highest BCUT2D eigenvalue weighted by atomic mass is 35.5. The fourth-order valence-electron chi connectivity index (χ4n) is 4.61.